The van der Waals surface area contributed by atoms with Crippen molar-refractivity contribution in [2.24, 2.45) is 0 Å². The van der Waals surface area contributed by atoms with Gasteiger partial charge in [0.15, 0.2) is 0 Å². The SMILES string of the molecule is Cc1cc(O)cc(=O)n1CC(=O)NCC(=O)O. The van der Waals surface area contributed by atoms with Crippen molar-refractivity contribution < 1.29 is 19.8 Å². The number of amides is 1. The molecule has 3 N–H and O–H groups in total. The van der Waals surface area contributed by atoms with Gasteiger partial charge in [0.25, 0.3) is 5.56 Å². The maximum atomic E-state index is 11.4. The highest BCUT2D eigenvalue weighted by Gasteiger charge is 2.08. The molecule has 0 unspecified atom stereocenters. The van der Waals surface area contributed by atoms with Crippen LogP contribution in [-0.4, -0.2) is 33.2 Å². The lowest BCUT2D eigenvalue weighted by molar-refractivity contribution is -0.138. The fourth-order valence-corrected chi connectivity index (χ4v) is 1.29. The van der Waals surface area contributed by atoms with Crippen LogP contribution in [0.3, 0.4) is 0 Å². The van der Waals surface area contributed by atoms with Gasteiger partial charge < -0.3 is 20.1 Å². The van der Waals surface area contributed by atoms with Gasteiger partial charge in [-0.3, -0.25) is 14.4 Å². The molecule has 0 bridgehead atoms. The van der Waals surface area contributed by atoms with Crippen molar-refractivity contribution in [3.63, 3.8) is 0 Å². The molecule has 0 atom stereocenters. The van der Waals surface area contributed by atoms with Gasteiger partial charge in [-0.05, 0) is 13.0 Å². The Morgan fingerprint density at radius 3 is 2.59 bits per heavy atom. The van der Waals surface area contributed by atoms with Crippen LogP contribution in [0.2, 0.25) is 0 Å². The zero-order chi connectivity index (χ0) is 13.0. The highest BCUT2D eigenvalue weighted by Crippen LogP contribution is 2.06. The number of nitrogens with one attached hydrogen (secondary N) is 1. The van der Waals surface area contributed by atoms with Crippen LogP contribution >= 0.6 is 0 Å². The van der Waals surface area contributed by atoms with Crippen LogP contribution < -0.4 is 10.9 Å². The summed E-state index contributed by atoms with van der Waals surface area (Å²) in [6.07, 6.45) is 0. The summed E-state index contributed by atoms with van der Waals surface area (Å²) < 4.78 is 1.14. The molecule has 1 heterocycles. The Morgan fingerprint density at radius 2 is 2.06 bits per heavy atom. The molecule has 92 valence electrons. The third-order valence-corrected chi connectivity index (χ3v) is 2.06. The second-order valence-electron chi connectivity index (χ2n) is 3.45. The molecule has 1 aromatic heterocycles. The average molecular weight is 240 g/mol. The van der Waals surface area contributed by atoms with Crippen LogP contribution in [-0.2, 0) is 16.1 Å². The number of aromatic hydroxyl groups is 1. The van der Waals surface area contributed by atoms with Gasteiger partial charge in [-0.1, -0.05) is 0 Å². The van der Waals surface area contributed by atoms with Gasteiger partial charge in [-0.2, -0.15) is 0 Å². The van der Waals surface area contributed by atoms with Crippen LogP contribution in [0.25, 0.3) is 0 Å². The van der Waals surface area contributed by atoms with E-state index < -0.39 is 24.0 Å². The molecule has 7 heteroatoms. The van der Waals surface area contributed by atoms with Crippen molar-refractivity contribution in [1.29, 1.82) is 0 Å². The number of carboxylic acid groups (broad SMARTS) is 1. The third kappa shape index (κ3) is 3.63. The van der Waals surface area contributed by atoms with Crippen LogP contribution in [0.15, 0.2) is 16.9 Å². The standard InChI is InChI=1S/C10H12N2O5/c1-6-2-7(13)3-9(15)12(6)5-8(14)11-4-10(16)17/h2-3,13H,4-5H2,1H3,(H,11,14)(H,16,17). The maximum absolute atomic E-state index is 11.4. The largest absolute Gasteiger partial charge is 0.508 e. The predicted molar refractivity (Wildman–Crippen MR) is 57.7 cm³/mol. The second-order valence-corrected chi connectivity index (χ2v) is 3.45. The number of hydrogen-bond donors (Lipinski definition) is 3. The molecule has 0 aromatic carbocycles. The Labute approximate surface area is 96.3 Å². The van der Waals surface area contributed by atoms with E-state index in [2.05, 4.69) is 5.32 Å². The first kappa shape index (κ1) is 12.8. The zero-order valence-corrected chi connectivity index (χ0v) is 9.14. The molecular formula is C10H12N2O5. The first-order chi connectivity index (χ1) is 7.90. The molecule has 1 rings (SSSR count). The minimum Gasteiger partial charge on any atom is -0.508 e. The van der Waals surface area contributed by atoms with Crippen molar-refractivity contribution in [3.05, 3.63) is 28.2 Å². The highest BCUT2D eigenvalue weighted by atomic mass is 16.4. The Balaban J connectivity index is 2.79. The summed E-state index contributed by atoms with van der Waals surface area (Å²) in [6, 6.07) is 2.32. The first-order valence-electron chi connectivity index (χ1n) is 4.79. The number of aliphatic carboxylic acids is 1. The minimum absolute atomic E-state index is 0.172. The molecule has 0 radical (unpaired) electrons. The lowest BCUT2D eigenvalue weighted by Crippen LogP contribution is -2.35. The van der Waals surface area contributed by atoms with Gasteiger partial charge in [0.05, 0.1) is 0 Å². The van der Waals surface area contributed by atoms with E-state index in [1.54, 1.807) is 6.92 Å². The summed E-state index contributed by atoms with van der Waals surface area (Å²) in [5.74, 6) is -1.91. The van der Waals surface area contributed by atoms with Crippen molar-refractivity contribution in [2.45, 2.75) is 13.5 Å². The Bertz CT molecular complexity index is 506. The molecule has 7 nitrogen and oxygen atoms in total. The quantitative estimate of drug-likeness (QED) is 0.629. The fourth-order valence-electron chi connectivity index (χ4n) is 1.29. The fraction of sp³-hybridized carbons (Fsp3) is 0.300. The van der Waals surface area contributed by atoms with Crippen LogP contribution in [0.5, 0.6) is 5.75 Å². The topological polar surface area (TPSA) is 109 Å². The molecule has 1 amide bonds. The summed E-state index contributed by atoms with van der Waals surface area (Å²) in [7, 11) is 0. The van der Waals surface area contributed by atoms with Gasteiger partial charge >= 0.3 is 5.97 Å². The van der Waals surface area contributed by atoms with E-state index in [1.165, 1.54) is 6.07 Å². The Hall–Kier alpha value is -2.31. The van der Waals surface area contributed by atoms with Gasteiger partial charge in [0.1, 0.15) is 18.8 Å². The molecule has 17 heavy (non-hydrogen) atoms. The highest BCUT2D eigenvalue weighted by molar-refractivity contribution is 5.80. The average Bonchev–Trinajstić information content (AvgIpc) is 2.20. The molecule has 0 saturated heterocycles. The number of rotatable bonds is 4. The molecule has 0 aliphatic carbocycles. The van der Waals surface area contributed by atoms with E-state index >= 15 is 0 Å². The van der Waals surface area contributed by atoms with Crippen molar-refractivity contribution in [1.82, 2.24) is 9.88 Å². The van der Waals surface area contributed by atoms with Crippen LogP contribution in [0, 0.1) is 6.92 Å². The van der Waals surface area contributed by atoms with Gasteiger partial charge in [0, 0.05) is 11.8 Å². The summed E-state index contributed by atoms with van der Waals surface area (Å²) in [4.78, 5) is 33.0. The summed E-state index contributed by atoms with van der Waals surface area (Å²) in [5, 5.41) is 19.6. The molecular weight excluding hydrogens is 228 g/mol. The number of nitrogens with zero attached hydrogens (tertiary/aromatic N) is 1. The predicted octanol–water partition coefficient (Wildman–Crippen LogP) is -0.937. The van der Waals surface area contributed by atoms with Gasteiger partial charge in [0.2, 0.25) is 5.91 Å². The normalized spacial score (nSPS) is 9.94. The van der Waals surface area contributed by atoms with Crippen molar-refractivity contribution >= 4 is 11.9 Å². The summed E-state index contributed by atoms with van der Waals surface area (Å²) in [5.41, 5.74) is -0.103. The zero-order valence-electron chi connectivity index (χ0n) is 9.14. The van der Waals surface area contributed by atoms with E-state index in [0.29, 0.717) is 5.69 Å². The second kappa shape index (κ2) is 5.15. The lowest BCUT2D eigenvalue weighted by atomic mass is 10.3. The number of carboxylic acids is 1. The van der Waals surface area contributed by atoms with E-state index in [0.717, 1.165) is 10.6 Å². The summed E-state index contributed by atoms with van der Waals surface area (Å²) in [6.45, 7) is 0.786. The Morgan fingerprint density at radius 1 is 1.41 bits per heavy atom. The number of carbonyl (C=O) groups excluding carboxylic acids is 1. The smallest absolute Gasteiger partial charge is 0.322 e. The number of aromatic nitrogens is 1. The lowest BCUT2D eigenvalue weighted by Gasteiger charge is -2.09. The maximum Gasteiger partial charge on any atom is 0.322 e. The van der Waals surface area contributed by atoms with Gasteiger partial charge in [-0.25, -0.2) is 0 Å². The third-order valence-electron chi connectivity index (χ3n) is 2.06. The van der Waals surface area contributed by atoms with Gasteiger partial charge in [-0.15, -0.1) is 0 Å². The molecule has 0 saturated carbocycles. The molecule has 0 aliphatic heterocycles. The van der Waals surface area contributed by atoms with E-state index in [9.17, 15) is 14.4 Å². The molecule has 0 fully saturated rings. The minimum atomic E-state index is -1.16. The monoisotopic (exact) mass is 240 g/mol. The number of aryl methyl sites for hydroxylation is 1. The van der Waals surface area contributed by atoms with Crippen LogP contribution in [0.4, 0.5) is 0 Å². The van der Waals surface area contributed by atoms with Crippen molar-refractivity contribution in [2.75, 3.05) is 6.54 Å². The van der Waals surface area contributed by atoms with Crippen molar-refractivity contribution in [3.8, 4) is 5.75 Å². The molecule has 0 spiro atoms. The molecule has 1 aromatic rings. The summed E-state index contributed by atoms with van der Waals surface area (Å²) >= 11 is 0. The van der Waals surface area contributed by atoms with Crippen LogP contribution in [0.1, 0.15) is 5.69 Å². The number of carbonyl (C=O) groups is 2. The number of pyridine rings is 1. The molecule has 0 aliphatic rings. The van der Waals surface area contributed by atoms with E-state index in [-0.39, 0.29) is 12.3 Å². The Kier molecular flexibility index (Phi) is 3.86. The first-order valence-corrected chi connectivity index (χ1v) is 4.79. The van der Waals surface area contributed by atoms with E-state index in [4.69, 9.17) is 10.2 Å². The van der Waals surface area contributed by atoms with E-state index in [1.807, 2.05) is 0 Å². The number of hydrogen-bond acceptors (Lipinski definition) is 4.